The van der Waals surface area contributed by atoms with Gasteiger partial charge in [-0.1, -0.05) is 0 Å². The van der Waals surface area contributed by atoms with Crippen molar-refractivity contribution < 1.29 is 9.13 Å². The third kappa shape index (κ3) is 2.57. The van der Waals surface area contributed by atoms with E-state index in [0.29, 0.717) is 5.92 Å². The Morgan fingerprint density at radius 3 is 2.50 bits per heavy atom. The number of rotatable bonds is 2. The number of ether oxygens (including phenoxy) is 1. The first-order valence-electron chi connectivity index (χ1n) is 8.38. The SMILES string of the molecule is Cc1cc2c(cc1N)cc(C1CCOCC1)n2-c1ccc(F)cc1. The predicted octanol–water partition coefficient (Wildman–Crippen LogP) is 4.55. The molecule has 2 heterocycles. The van der Waals surface area contributed by atoms with Gasteiger partial charge in [-0.3, -0.25) is 0 Å². The topological polar surface area (TPSA) is 40.2 Å². The minimum atomic E-state index is -0.219. The summed E-state index contributed by atoms with van der Waals surface area (Å²) in [5, 5.41) is 1.13. The van der Waals surface area contributed by atoms with Crippen molar-refractivity contribution >= 4 is 16.6 Å². The largest absolute Gasteiger partial charge is 0.398 e. The van der Waals surface area contributed by atoms with Crippen LogP contribution in [0.15, 0.2) is 42.5 Å². The zero-order chi connectivity index (χ0) is 16.7. The van der Waals surface area contributed by atoms with E-state index in [9.17, 15) is 4.39 Å². The number of halogens is 1. The van der Waals surface area contributed by atoms with E-state index < -0.39 is 0 Å². The van der Waals surface area contributed by atoms with Crippen LogP contribution >= 0.6 is 0 Å². The summed E-state index contributed by atoms with van der Waals surface area (Å²) in [6.07, 6.45) is 2.01. The molecule has 1 saturated heterocycles. The average molecular weight is 324 g/mol. The molecule has 24 heavy (non-hydrogen) atoms. The van der Waals surface area contributed by atoms with Crippen LogP contribution in [0.2, 0.25) is 0 Å². The number of fused-ring (bicyclic) bond motifs is 1. The average Bonchev–Trinajstić information content (AvgIpc) is 2.95. The lowest BCUT2D eigenvalue weighted by Crippen LogP contribution is -2.16. The first-order valence-corrected chi connectivity index (χ1v) is 8.38. The molecule has 4 heteroatoms. The zero-order valence-corrected chi connectivity index (χ0v) is 13.8. The van der Waals surface area contributed by atoms with E-state index in [-0.39, 0.29) is 5.82 Å². The number of aromatic nitrogens is 1. The number of aryl methyl sites for hydroxylation is 1. The summed E-state index contributed by atoms with van der Waals surface area (Å²) >= 11 is 0. The van der Waals surface area contributed by atoms with E-state index in [0.717, 1.165) is 53.9 Å². The van der Waals surface area contributed by atoms with E-state index in [1.165, 1.54) is 17.8 Å². The highest BCUT2D eigenvalue weighted by Gasteiger charge is 2.22. The van der Waals surface area contributed by atoms with Gasteiger partial charge in [-0.2, -0.15) is 0 Å². The Morgan fingerprint density at radius 1 is 1.08 bits per heavy atom. The van der Waals surface area contributed by atoms with Crippen LogP contribution in [0.5, 0.6) is 0 Å². The van der Waals surface area contributed by atoms with Gasteiger partial charge in [-0.15, -0.1) is 0 Å². The number of benzene rings is 2. The smallest absolute Gasteiger partial charge is 0.123 e. The van der Waals surface area contributed by atoms with Crippen LogP contribution in [0, 0.1) is 12.7 Å². The molecular formula is C20H21FN2O. The Labute approximate surface area is 140 Å². The molecule has 1 aromatic heterocycles. The third-order valence-electron chi connectivity index (χ3n) is 4.94. The fraction of sp³-hybridized carbons (Fsp3) is 0.300. The first kappa shape index (κ1) is 15.2. The molecule has 0 unspecified atom stereocenters. The standard InChI is InChI=1S/C20H21FN2O/c1-13-10-19-15(11-18(13)22)12-20(14-6-8-24-9-7-14)23(19)17-4-2-16(21)3-5-17/h2-5,10-12,14H,6-9,22H2,1H3. The molecule has 1 fully saturated rings. The van der Waals surface area contributed by atoms with E-state index in [1.807, 2.05) is 25.1 Å². The summed E-state index contributed by atoms with van der Waals surface area (Å²) < 4.78 is 21.1. The summed E-state index contributed by atoms with van der Waals surface area (Å²) in [6, 6.07) is 13.1. The fourth-order valence-electron chi connectivity index (χ4n) is 3.57. The molecule has 0 amide bonds. The minimum Gasteiger partial charge on any atom is -0.398 e. The second-order valence-electron chi connectivity index (χ2n) is 6.54. The number of hydrogen-bond acceptors (Lipinski definition) is 2. The van der Waals surface area contributed by atoms with Gasteiger partial charge < -0.3 is 15.0 Å². The van der Waals surface area contributed by atoms with E-state index in [4.69, 9.17) is 10.5 Å². The third-order valence-corrected chi connectivity index (χ3v) is 4.94. The number of nitrogens with two attached hydrogens (primary N) is 1. The van der Waals surface area contributed by atoms with Crippen molar-refractivity contribution in [3.8, 4) is 5.69 Å². The molecular weight excluding hydrogens is 303 g/mol. The number of nitrogen functional groups attached to an aromatic ring is 1. The van der Waals surface area contributed by atoms with Crippen molar-refractivity contribution in [3.63, 3.8) is 0 Å². The molecule has 2 N–H and O–H groups in total. The van der Waals surface area contributed by atoms with E-state index >= 15 is 0 Å². The predicted molar refractivity (Wildman–Crippen MR) is 95.2 cm³/mol. The van der Waals surface area contributed by atoms with Crippen LogP contribution in [-0.2, 0) is 4.74 Å². The molecule has 0 atom stereocenters. The summed E-state index contributed by atoms with van der Waals surface area (Å²) in [4.78, 5) is 0. The summed E-state index contributed by atoms with van der Waals surface area (Å²) in [6.45, 7) is 3.60. The maximum absolute atomic E-state index is 13.4. The quantitative estimate of drug-likeness (QED) is 0.702. The Kier molecular flexibility index (Phi) is 3.77. The molecule has 0 spiro atoms. The van der Waals surface area contributed by atoms with E-state index in [1.54, 1.807) is 0 Å². The first-order chi connectivity index (χ1) is 11.6. The van der Waals surface area contributed by atoms with Crippen molar-refractivity contribution in [2.75, 3.05) is 18.9 Å². The Morgan fingerprint density at radius 2 is 1.79 bits per heavy atom. The summed E-state index contributed by atoms with van der Waals surface area (Å²) in [7, 11) is 0. The lowest BCUT2D eigenvalue weighted by molar-refractivity contribution is 0.0842. The maximum atomic E-state index is 13.4. The maximum Gasteiger partial charge on any atom is 0.123 e. The van der Waals surface area contributed by atoms with Crippen LogP contribution in [0.4, 0.5) is 10.1 Å². The zero-order valence-electron chi connectivity index (χ0n) is 13.8. The molecule has 0 aliphatic carbocycles. The van der Waals surface area contributed by atoms with Crippen LogP contribution < -0.4 is 5.73 Å². The minimum absolute atomic E-state index is 0.219. The lowest BCUT2D eigenvalue weighted by Gasteiger charge is -2.24. The molecule has 0 saturated carbocycles. The summed E-state index contributed by atoms with van der Waals surface area (Å²) in [5.41, 5.74) is 11.3. The highest BCUT2D eigenvalue weighted by molar-refractivity contribution is 5.87. The van der Waals surface area contributed by atoms with Crippen molar-refractivity contribution in [1.29, 1.82) is 0 Å². The summed E-state index contributed by atoms with van der Waals surface area (Å²) in [5.74, 6) is 0.223. The van der Waals surface area contributed by atoms with Gasteiger partial charge in [0.25, 0.3) is 0 Å². The van der Waals surface area contributed by atoms with Crippen molar-refractivity contribution in [3.05, 3.63) is 59.5 Å². The van der Waals surface area contributed by atoms with Crippen molar-refractivity contribution in [2.45, 2.75) is 25.7 Å². The van der Waals surface area contributed by atoms with Gasteiger partial charge in [-0.25, -0.2) is 4.39 Å². The molecule has 124 valence electrons. The molecule has 2 aromatic carbocycles. The number of nitrogens with zero attached hydrogens (tertiary/aromatic N) is 1. The van der Waals surface area contributed by atoms with E-state index in [2.05, 4.69) is 16.7 Å². The van der Waals surface area contributed by atoms with Crippen LogP contribution in [-0.4, -0.2) is 17.8 Å². The Balaban J connectivity index is 1.95. The molecule has 3 aromatic rings. The highest BCUT2D eigenvalue weighted by atomic mass is 19.1. The van der Waals surface area contributed by atoms with Gasteiger partial charge in [-0.05, 0) is 67.8 Å². The second kappa shape index (κ2) is 5.95. The molecule has 1 aliphatic heterocycles. The molecule has 0 bridgehead atoms. The number of hydrogen-bond donors (Lipinski definition) is 1. The van der Waals surface area contributed by atoms with Gasteiger partial charge in [0.1, 0.15) is 5.82 Å². The molecule has 4 rings (SSSR count). The van der Waals surface area contributed by atoms with Gasteiger partial charge in [0.05, 0.1) is 5.52 Å². The Bertz CT molecular complexity index is 877. The van der Waals surface area contributed by atoms with Crippen LogP contribution in [0.1, 0.15) is 30.0 Å². The van der Waals surface area contributed by atoms with Crippen LogP contribution in [0.25, 0.3) is 16.6 Å². The van der Waals surface area contributed by atoms with Crippen molar-refractivity contribution in [1.82, 2.24) is 4.57 Å². The van der Waals surface area contributed by atoms with Gasteiger partial charge in [0.2, 0.25) is 0 Å². The molecule has 3 nitrogen and oxygen atoms in total. The monoisotopic (exact) mass is 324 g/mol. The highest BCUT2D eigenvalue weighted by Crippen LogP contribution is 2.35. The fourth-order valence-corrected chi connectivity index (χ4v) is 3.57. The van der Waals surface area contributed by atoms with Gasteiger partial charge in [0, 0.05) is 41.6 Å². The van der Waals surface area contributed by atoms with Gasteiger partial charge in [0.15, 0.2) is 0 Å². The molecule has 1 aliphatic rings. The normalized spacial score (nSPS) is 15.9. The van der Waals surface area contributed by atoms with Gasteiger partial charge >= 0.3 is 0 Å². The second-order valence-corrected chi connectivity index (χ2v) is 6.54. The molecule has 0 radical (unpaired) electrons. The van der Waals surface area contributed by atoms with Crippen molar-refractivity contribution in [2.24, 2.45) is 0 Å². The lowest BCUT2D eigenvalue weighted by atomic mass is 9.96. The number of anilines is 1. The van der Waals surface area contributed by atoms with Crippen LogP contribution in [0.3, 0.4) is 0 Å². The Hall–Kier alpha value is -2.33.